The normalized spacial score (nSPS) is 26.3. The number of imide groups is 1. The molecule has 2 aliphatic rings. The van der Waals surface area contributed by atoms with E-state index in [1.165, 1.54) is 13.1 Å². The van der Waals surface area contributed by atoms with E-state index in [0.29, 0.717) is 24.4 Å². The van der Waals surface area contributed by atoms with Gasteiger partial charge in [0.05, 0.1) is 6.21 Å². The van der Waals surface area contributed by atoms with E-state index in [0.717, 1.165) is 23.4 Å². The van der Waals surface area contributed by atoms with Gasteiger partial charge in [-0.15, -0.1) is 5.01 Å². The summed E-state index contributed by atoms with van der Waals surface area (Å²) in [5.41, 5.74) is 0.624. The Balaban J connectivity index is 1.70. The molecule has 1 aliphatic heterocycles. The van der Waals surface area contributed by atoms with Crippen molar-refractivity contribution in [2.45, 2.75) is 45.1 Å². The van der Waals surface area contributed by atoms with Crippen molar-refractivity contribution in [1.82, 2.24) is 10.3 Å². The zero-order valence-electron chi connectivity index (χ0n) is 14.4. The van der Waals surface area contributed by atoms with E-state index in [1.807, 2.05) is 0 Å². The summed E-state index contributed by atoms with van der Waals surface area (Å²) in [6, 6.07) is 6.51. The van der Waals surface area contributed by atoms with Crippen LogP contribution in [-0.2, 0) is 9.59 Å². The molecular weight excluding hydrogens is 320 g/mol. The summed E-state index contributed by atoms with van der Waals surface area (Å²) >= 11 is 0. The van der Waals surface area contributed by atoms with E-state index in [1.54, 1.807) is 24.3 Å². The van der Waals surface area contributed by atoms with Gasteiger partial charge in [0.15, 0.2) is 0 Å². The third kappa shape index (κ3) is 3.55. The second-order valence-corrected chi connectivity index (χ2v) is 6.86. The number of urea groups is 1. The molecule has 1 saturated carbocycles. The number of hydrazone groups is 1. The first-order chi connectivity index (χ1) is 11.9. The molecule has 2 N–H and O–H groups in total. The van der Waals surface area contributed by atoms with Crippen molar-refractivity contribution in [1.29, 1.82) is 0 Å². The van der Waals surface area contributed by atoms with Crippen molar-refractivity contribution < 1.29 is 14.4 Å². The average molecular weight is 342 g/mol. The number of anilines is 1. The smallest absolute Gasteiger partial charge is 0.326 e. The average Bonchev–Trinajstić information content (AvgIpc) is 2.80. The molecule has 7 heteroatoms. The van der Waals surface area contributed by atoms with Crippen LogP contribution in [0.4, 0.5) is 10.5 Å². The lowest BCUT2D eigenvalue weighted by Crippen LogP contribution is -2.49. The van der Waals surface area contributed by atoms with Crippen molar-refractivity contribution >= 4 is 29.7 Å². The first-order valence-corrected chi connectivity index (χ1v) is 8.48. The number of amides is 4. The summed E-state index contributed by atoms with van der Waals surface area (Å²) in [5.74, 6) is 0.165. The van der Waals surface area contributed by atoms with Crippen molar-refractivity contribution in [2.24, 2.45) is 11.0 Å². The van der Waals surface area contributed by atoms with Crippen LogP contribution in [0, 0.1) is 5.92 Å². The van der Waals surface area contributed by atoms with Gasteiger partial charge < -0.3 is 10.6 Å². The molecule has 0 atom stereocenters. The molecule has 2 fully saturated rings. The van der Waals surface area contributed by atoms with Gasteiger partial charge in [-0.25, -0.2) is 4.79 Å². The lowest BCUT2D eigenvalue weighted by molar-refractivity contribution is -0.132. The fourth-order valence-corrected chi connectivity index (χ4v) is 3.28. The van der Waals surface area contributed by atoms with Gasteiger partial charge in [-0.1, -0.05) is 19.1 Å². The first kappa shape index (κ1) is 17.1. The molecule has 0 radical (unpaired) electrons. The highest BCUT2D eigenvalue weighted by molar-refractivity contribution is 6.07. The van der Waals surface area contributed by atoms with Crippen LogP contribution in [0.15, 0.2) is 29.4 Å². The number of nitrogens with one attached hydrogen (secondary N) is 2. The van der Waals surface area contributed by atoms with Gasteiger partial charge in [-0.3, -0.25) is 9.59 Å². The molecule has 1 heterocycles. The molecule has 1 saturated heterocycles. The van der Waals surface area contributed by atoms with Gasteiger partial charge in [-0.05, 0) is 49.3 Å². The molecule has 7 nitrogen and oxygen atoms in total. The van der Waals surface area contributed by atoms with Crippen molar-refractivity contribution in [3.05, 3.63) is 29.8 Å². The van der Waals surface area contributed by atoms with Gasteiger partial charge >= 0.3 is 6.03 Å². The molecule has 25 heavy (non-hydrogen) atoms. The number of hydrogen-bond donors (Lipinski definition) is 2. The Kier molecular flexibility index (Phi) is 4.57. The minimum absolute atomic E-state index is 0.146. The summed E-state index contributed by atoms with van der Waals surface area (Å²) in [7, 11) is 0. The van der Waals surface area contributed by atoms with E-state index in [4.69, 9.17) is 0 Å². The zero-order valence-corrected chi connectivity index (χ0v) is 14.4. The van der Waals surface area contributed by atoms with Gasteiger partial charge in [0.25, 0.3) is 5.91 Å². The van der Waals surface area contributed by atoms with Crippen molar-refractivity contribution in [2.75, 3.05) is 5.32 Å². The van der Waals surface area contributed by atoms with Crippen LogP contribution in [-0.4, -0.2) is 34.6 Å². The van der Waals surface area contributed by atoms with Crippen LogP contribution >= 0.6 is 0 Å². The van der Waals surface area contributed by atoms with Gasteiger partial charge in [0.1, 0.15) is 5.54 Å². The minimum atomic E-state index is -0.782. The molecule has 3 rings (SSSR count). The molecule has 132 valence electrons. The quantitative estimate of drug-likeness (QED) is 0.653. The maximum Gasteiger partial charge on any atom is 0.346 e. The number of benzene rings is 1. The van der Waals surface area contributed by atoms with Crippen molar-refractivity contribution in [3.63, 3.8) is 0 Å². The topological polar surface area (TPSA) is 90.9 Å². The highest BCUT2D eigenvalue weighted by Crippen LogP contribution is 2.36. The van der Waals surface area contributed by atoms with Gasteiger partial charge in [0.2, 0.25) is 5.91 Å². The SMILES string of the molecule is CC(=O)Nc1ccc(/C=N\N2C(=O)NC3(CCC(C)CC3)C2=O)cc1. The Labute approximate surface area is 146 Å². The molecule has 1 aliphatic carbocycles. The third-order valence-corrected chi connectivity index (χ3v) is 4.82. The number of carbonyl (C=O) groups excluding carboxylic acids is 3. The Hall–Kier alpha value is -2.70. The highest BCUT2D eigenvalue weighted by Gasteiger charge is 2.52. The summed E-state index contributed by atoms with van der Waals surface area (Å²) in [6.07, 6.45) is 4.65. The van der Waals surface area contributed by atoms with E-state index in [-0.39, 0.29) is 11.8 Å². The first-order valence-electron chi connectivity index (χ1n) is 8.48. The summed E-state index contributed by atoms with van der Waals surface area (Å²) < 4.78 is 0. The molecule has 4 amide bonds. The maximum atomic E-state index is 12.7. The number of nitrogens with zero attached hydrogens (tertiary/aromatic N) is 2. The predicted molar refractivity (Wildman–Crippen MR) is 94.1 cm³/mol. The highest BCUT2D eigenvalue weighted by atomic mass is 16.2. The minimum Gasteiger partial charge on any atom is -0.326 e. The number of hydrogen-bond acceptors (Lipinski definition) is 4. The van der Waals surface area contributed by atoms with Gasteiger partial charge in [-0.2, -0.15) is 5.10 Å². The Morgan fingerprint density at radius 3 is 2.52 bits per heavy atom. The van der Waals surface area contributed by atoms with Crippen LogP contribution in [0.2, 0.25) is 0 Å². The predicted octanol–water partition coefficient (Wildman–Crippen LogP) is 2.48. The Morgan fingerprint density at radius 1 is 1.28 bits per heavy atom. The molecule has 1 aromatic rings. The standard InChI is InChI=1S/C18H22N4O3/c1-12-7-9-18(10-8-12)16(24)22(17(25)21-18)19-11-14-3-5-15(6-4-14)20-13(2)23/h3-6,11-12H,7-10H2,1-2H3,(H,20,23)(H,21,25)/b19-11-. The lowest BCUT2D eigenvalue weighted by atomic mass is 9.77. The van der Waals surface area contributed by atoms with Crippen molar-refractivity contribution in [3.8, 4) is 0 Å². The monoisotopic (exact) mass is 342 g/mol. The summed E-state index contributed by atoms with van der Waals surface area (Å²) in [4.78, 5) is 35.9. The molecule has 0 bridgehead atoms. The molecular formula is C18H22N4O3. The van der Waals surface area contributed by atoms with Gasteiger partial charge in [0, 0.05) is 12.6 Å². The van der Waals surface area contributed by atoms with Crippen LogP contribution in [0.5, 0.6) is 0 Å². The van der Waals surface area contributed by atoms with Crippen LogP contribution in [0.1, 0.15) is 45.1 Å². The fraction of sp³-hybridized carbons (Fsp3) is 0.444. The maximum absolute atomic E-state index is 12.7. The molecule has 1 spiro atoms. The Bertz CT molecular complexity index is 718. The lowest BCUT2D eigenvalue weighted by Gasteiger charge is -2.33. The third-order valence-electron chi connectivity index (χ3n) is 4.82. The molecule has 0 unspecified atom stereocenters. The zero-order chi connectivity index (χ0) is 18.0. The van der Waals surface area contributed by atoms with Crippen LogP contribution < -0.4 is 10.6 Å². The second kappa shape index (κ2) is 6.66. The van der Waals surface area contributed by atoms with E-state index >= 15 is 0 Å². The summed E-state index contributed by atoms with van der Waals surface area (Å²) in [5, 5.41) is 10.5. The molecule has 0 aromatic heterocycles. The Morgan fingerprint density at radius 2 is 1.92 bits per heavy atom. The van der Waals surface area contributed by atoms with E-state index in [9.17, 15) is 14.4 Å². The number of rotatable bonds is 3. The largest absolute Gasteiger partial charge is 0.346 e. The van der Waals surface area contributed by atoms with Crippen LogP contribution in [0.25, 0.3) is 0 Å². The second-order valence-electron chi connectivity index (χ2n) is 6.86. The number of carbonyl (C=O) groups is 3. The van der Waals surface area contributed by atoms with E-state index < -0.39 is 11.6 Å². The molecule has 1 aromatic carbocycles. The van der Waals surface area contributed by atoms with Crippen LogP contribution in [0.3, 0.4) is 0 Å². The summed E-state index contributed by atoms with van der Waals surface area (Å²) in [6.45, 7) is 3.60. The van der Waals surface area contributed by atoms with E-state index in [2.05, 4.69) is 22.7 Å². The fourth-order valence-electron chi connectivity index (χ4n) is 3.28.